The van der Waals surface area contributed by atoms with E-state index in [0.29, 0.717) is 19.1 Å². The van der Waals surface area contributed by atoms with Crippen LogP contribution < -0.4 is 5.32 Å². The summed E-state index contributed by atoms with van der Waals surface area (Å²) < 4.78 is 13.0. The maximum absolute atomic E-state index is 6.54. The first-order valence-corrected chi connectivity index (χ1v) is 12.5. The molecule has 1 N–H and O–H groups in total. The first kappa shape index (κ1) is 23.5. The largest absolute Gasteiger partial charge is 0.370 e. The Hall–Kier alpha value is -3.28. The van der Waals surface area contributed by atoms with Gasteiger partial charge in [-0.3, -0.25) is 0 Å². The van der Waals surface area contributed by atoms with Crippen molar-refractivity contribution in [2.45, 2.75) is 58.7 Å². The summed E-state index contributed by atoms with van der Waals surface area (Å²) in [6, 6.07) is 27.1. The molecule has 5 rings (SSSR count). The lowest BCUT2D eigenvalue weighted by Crippen LogP contribution is -2.25. The molecule has 0 bridgehead atoms. The number of nitrogens with zero attached hydrogens (tertiary/aromatic N) is 2. The third kappa shape index (κ3) is 5.21. The molecule has 1 saturated heterocycles. The Morgan fingerprint density at radius 2 is 1.63 bits per heavy atom. The minimum Gasteiger partial charge on any atom is -0.370 e. The molecule has 4 atom stereocenters. The number of nitrogens with one attached hydrogen (secondary N) is 1. The van der Waals surface area contributed by atoms with Gasteiger partial charge in [-0.2, -0.15) is 0 Å². The number of benzene rings is 3. The number of ether oxygens (including phenoxy) is 2. The van der Waals surface area contributed by atoms with Crippen LogP contribution in [-0.4, -0.2) is 22.2 Å². The Morgan fingerprint density at radius 1 is 0.914 bits per heavy atom. The average molecular weight is 468 g/mol. The summed E-state index contributed by atoms with van der Waals surface area (Å²) in [7, 11) is 0. The molecular weight excluding hydrogens is 434 g/mol. The van der Waals surface area contributed by atoms with E-state index in [1.807, 2.05) is 31.2 Å². The van der Waals surface area contributed by atoms with Gasteiger partial charge < -0.3 is 14.8 Å². The fourth-order valence-corrected chi connectivity index (χ4v) is 4.98. The molecule has 2 heterocycles. The summed E-state index contributed by atoms with van der Waals surface area (Å²) in [6.07, 6.45) is 0.993. The molecule has 0 radical (unpaired) electrons. The lowest BCUT2D eigenvalue weighted by Gasteiger charge is -2.22. The molecule has 4 aromatic rings. The highest BCUT2D eigenvalue weighted by Gasteiger charge is 2.42. The second-order valence-electron chi connectivity index (χ2n) is 9.36. The number of aromatic nitrogens is 2. The Kier molecular flexibility index (Phi) is 7.07. The summed E-state index contributed by atoms with van der Waals surface area (Å²) in [4.78, 5) is 9.43. The highest BCUT2D eigenvalue weighted by atomic mass is 16.6. The van der Waals surface area contributed by atoms with Crippen LogP contribution in [0.5, 0.6) is 0 Å². The van der Waals surface area contributed by atoms with Crippen LogP contribution in [0.4, 0.5) is 5.82 Å². The number of fused-ring (bicyclic) bond motifs is 1. The van der Waals surface area contributed by atoms with Gasteiger partial charge in [0.15, 0.2) is 0 Å². The van der Waals surface area contributed by atoms with Crippen LogP contribution in [0.1, 0.15) is 48.9 Å². The lowest BCUT2D eigenvalue weighted by molar-refractivity contribution is -0.0336. The van der Waals surface area contributed by atoms with Gasteiger partial charge in [0.1, 0.15) is 17.7 Å². The second-order valence-corrected chi connectivity index (χ2v) is 9.36. The zero-order valence-corrected chi connectivity index (χ0v) is 20.6. The number of rotatable bonds is 8. The van der Waals surface area contributed by atoms with Crippen molar-refractivity contribution in [2.24, 2.45) is 5.92 Å². The van der Waals surface area contributed by atoms with E-state index < -0.39 is 0 Å². The van der Waals surface area contributed by atoms with Crippen LogP contribution in [0.3, 0.4) is 0 Å². The maximum Gasteiger partial charge on any atom is 0.137 e. The van der Waals surface area contributed by atoms with Crippen LogP contribution in [-0.2, 0) is 22.6 Å². The first-order valence-electron chi connectivity index (χ1n) is 12.5. The lowest BCUT2D eigenvalue weighted by atomic mass is 9.93. The van der Waals surface area contributed by atoms with E-state index in [0.717, 1.165) is 34.5 Å². The predicted octanol–water partition coefficient (Wildman–Crippen LogP) is 6.62. The minimum atomic E-state index is -0.126. The topological polar surface area (TPSA) is 56.3 Å². The molecular formula is C30H33N3O2. The van der Waals surface area contributed by atoms with Gasteiger partial charge in [0, 0.05) is 17.8 Å². The van der Waals surface area contributed by atoms with E-state index in [1.165, 1.54) is 11.1 Å². The SMILES string of the molecule is CC[C@H]1O[C@@H](c2ccc3c(NCc4ccccc4)nc(C)nc3c2)[C@H](OCc2ccccc2)[C@@H]1C. The van der Waals surface area contributed by atoms with Gasteiger partial charge in [0.2, 0.25) is 0 Å². The van der Waals surface area contributed by atoms with Crippen molar-refractivity contribution in [1.82, 2.24) is 9.97 Å². The molecule has 0 unspecified atom stereocenters. The molecule has 3 aromatic carbocycles. The molecule has 180 valence electrons. The van der Waals surface area contributed by atoms with E-state index in [1.54, 1.807) is 0 Å². The van der Waals surface area contributed by atoms with Crippen LogP contribution >= 0.6 is 0 Å². The molecule has 5 heteroatoms. The van der Waals surface area contributed by atoms with Crippen molar-refractivity contribution in [3.8, 4) is 0 Å². The zero-order chi connectivity index (χ0) is 24.2. The quantitative estimate of drug-likeness (QED) is 0.315. The third-order valence-electron chi connectivity index (χ3n) is 6.88. The summed E-state index contributed by atoms with van der Waals surface area (Å²) >= 11 is 0. The Balaban J connectivity index is 1.41. The van der Waals surface area contributed by atoms with Gasteiger partial charge in [0.25, 0.3) is 0 Å². The van der Waals surface area contributed by atoms with Crippen LogP contribution in [0.15, 0.2) is 78.9 Å². The van der Waals surface area contributed by atoms with Crippen molar-refractivity contribution in [3.05, 3.63) is 101 Å². The average Bonchev–Trinajstić information content (AvgIpc) is 3.22. The normalized spacial score (nSPS) is 21.9. The van der Waals surface area contributed by atoms with Crippen molar-refractivity contribution in [3.63, 3.8) is 0 Å². The van der Waals surface area contributed by atoms with E-state index in [2.05, 4.69) is 78.7 Å². The number of anilines is 1. The van der Waals surface area contributed by atoms with Crippen LogP contribution in [0.2, 0.25) is 0 Å². The Bertz CT molecular complexity index is 1260. The molecule has 0 spiro atoms. The number of aryl methyl sites for hydroxylation is 1. The summed E-state index contributed by atoms with van der Waals surface area (Å²) in [5.74, 6) is 1.90. The van der Waals surface area contributed by atoms with Gasteiger partial charge in [-0.15, -0.1) is 0 Å². The summed E-state index contributed by atoms with van der Waals surface area (Å²) in [5.41, 5.74) is 4.41. The standard InChI is InChI=1S/C30H33N3O2/c1-4-27-20(2)28(34-19-23-13-9-6-10-14-23)29(35-27)24-15-16-25-26(17-24)32-21(3)33-30(25)31-18-22-11-7-5-8-12-22/h5-17,20,27-29H,4,18-19H2,1-3H3,(H,31,32,33)/t20-,27-,28-,29+/m1/s1. The molecule has 1 aliphatic rings. The van der Waals surface area contributed by atoms with Gasteiger partial charge in [-0.25, -0.2) is 9.97 Å². The van der Waals surface area contributed by atoms with E-state index in [4.69, 9.17) is 14.5 Å². The summed E-state index contributed by atoms with van der Waals surface area (Å²) in [6.45, 7) is 7.65. The molecule has 35 heavy (non-hydrogen) atoms. The van der Waals surface area contributed by atoms with Gasteiger partial charge in [0.05, 0.1) is 24.3 Å². The van der Waals surface area contributed by atoms with E-state index in [9.17, 15) is 0 Å². The van der Waals surface area contributed by atoms with Crippen LogP contribution in [0, 0.1) is 12.8 Å². The van der Waals surface area contributed by atoms with Gasteiger partial charge in [-0.1, -0.05) is 80.6 Å². The molecule has 0 amide bonds. The maximum atomic E-state index is 6.54. The molecule has 5 nitrogen and oxygen atoms in total. The van der Waals surface area contributed by atoms with Crippen molar-refractivity contribution >= 4 is 16.7 Å². The fourth-order valence-electron chi connectivity index (χ4n) is 4.98. The smallest absolute Gasteiger partial charge is 0.137 e. The Morgan fingerprint density at radius 3 is 2.34 bits per heavy atom. The minimum absolute atomic E-state index is 0.0174. The summed E-state index contributed by atoms with van der Waals surface area (Å²) in [5, 5.41) is 4.51. The fraction of sp³-hybridized carbons (Fsp3) is 0.333. The number of hydrogen-bond acceptors (Lipinski definition) is 5. The predicted molar refractivity (Wildman–Crippen MR) is 140 cm³/mol. The highest BCUT2D eigenvalue weighted by molar-refractivity contribution is 5.89. The molecule has 1 fully saturated rings. The molecule has 1 aromatic heterocycles. The molecule has 0 aliphatic carbocycles. The second kappa shape index (κ2) is 10.5. The van der Waals surface area contributed by atoms with Gasteiger partial charge >= 0.3 is 0 Å². The molecule has 0 saturated carbocycles. The van der Waals surface area contributed by atoms with Crippen molar-refractivity contribution < 1.29 is 9.47 Å². The Labute approximate surface area is 207 Å². The third-order valence-corrected chi connectivity index (χ3v) is 6.88. The molecule has 1 aliphatic heterocycles. The zero-order valence-electron chi connectivity index (χ0n) is 20.6. The van der Waals surface area contributed by atoms with Crippen molar-refractivity contribution in [1.29, 1.82) is 0 Å². The van der Waals surface area contributed by atoms with Gasteiger partial charge in [-0.05, 0) is 42.2 Å². The first-order chi connectivity index (χ1) is 17.1. The number of hydrogen-bond donors (Lipinski definition) is 1. The monoisotopic (exact) mass is 467 g/mol. The van der Waals surface area contributed by atoms with E-state index in [-0.39, 0.29) is 18.3 Å². The highest BCUT2D eigenvalue weighted by Crippen LogP contribution is 2.41. The van der Waals surface area contributed by atoms with Crippen LogP contribution in [0.25, 0.3) is 10.9 Å². The van der Waals surface area contributed by atoms with E-state index >= 15 is 0 Å². The van der Waals surface area contributed by atoms with Crippen molar-refractivity contribution in [2.75, 3.05) is 5.32 Å².